The lowest BCUT2D eigenvalue weighted by molar-refractivity contribution is -0.117. The zero-order valence-electron chi connectivity index (χ0n) is 10.3. The molecule has 1 aromatic carbocycles. The molecule has 0 saturated carbocycles. The van der Waals surface area contributed by atoms with Crippen LogP contribution in [0.4, 0.5) is 5.69 Å². The number of benzene rings is 1. The molecule has 0 atom stereocenters. The van der Waals surface area contributed by atoms with E-state index in [0.717, 1.165) is 4.90 Å². The zero-order chi connectivity index (χ0) is 14.2. The third-order valence-electron chi connectivity index (χ3n) is 2.64. The molecule has 1 aromatic rings. The van der Waals surface area contributed by atoms with Gasteiger partial charge in [-0.1, -0.05) is 0 Å². The van der Waals surface area contributed by atoms with Crippen LogP contribution in [0.3, 0.4) is 0 Å². The van der Waals surface area contributed by atoms with Gasteiger partial charge >= 0.3 is 0 Å². The van der Waals surface area contributed by atoms with Gasteiger partial charge in [-0.3, -0.25) is 19.3 Å². The molecule has 1 aliphatic rings. The van der Waals surface area contributed by atoms with E-state index in [1.54, 1.807) is 12.1 Å². The standard InChI is InChI=1S/C12H11N3O3S/c1-6(16)13-12(19)14-7-3-4-8-9(5-7)11(18)15(2)10(8)17/h3-5H,1-2H3,(H2,13,14,16,19). The zero-order valence-corrected chi connectivity index (χ0v) is 11.1. The summed E-state index contributed by atoms with van der Waals surface area (Å²) < 4.78 is 0. The van der Waals surface area contributed by atoms with E-state index in [9.17, 15) is 14.4 Å². The van der Waals surface area contributed by atoms with Crippen LogP contribution in [0.25, 0.3) is 0 Å². The van der Waals surface area contributed by atoms with Gasteiger partial charge in [0, 0.05) is 19.7 Å². The topological polar surface area (TPSA) is 78.5 Å². The first-order chi connectivity index (χ1) is 8.90. The van der Waals surface area contributed by atoms with Crippen LogP contribution in [-0.2, 0) is 4.79 Å². The van der Waals surface area contributed by atoms with Gasteiger partial charge in [0.15, 0.2) is 5.11 Å². The monoisotopic (exact) mass is 277 g/mol. The van der Waals surface area contributed by atoms with Crippen molar-refractivity contribution in [2.75, 3.05) is 12.4 Å². The van der Waals surface area contributed by atoms with Crippen LogP contribution in [0.5, 0.6) is 0 Å². The molecule has 0 radical (unpaired) electrons. The lowest BCUT2D eigenvalue weighted by atomic mass is 10.1. The lowest BCUT2D eigenvalue weighted by Crippen LogP contribution is -2.32. The van der Waals surface area contributed by atoms with Gasteiger partial charge in [-0.2, -0.15) is 0 Å². The lowest BCUT2D eigenvalue weighted by Gasteiger charge is -2.08. The van der Waals surface area contributed by atoms with Crippen LogP contribution in [0.2, 0.25) is 0 Å². The smallest absolute Gasteiger partial charge is 0.261 e. The first kappa shape index (κ1) is 13.2. The summed E-state index contributed by atoms with van der Waals surface area (Å²) in [5.74, 6) is -0.963. The largest absolute Gasteiger partial charge is 0.332 e. The second kappa shape index (κ2) is 4.77. The fraction of sp³-hybridized carbons (Fsp3) is 0.167. The summed E-state index contributed by atoms with van der Waals surface area (Å²) in [7, 11) is 1.43. The number of imide groups is 1. The van der Waals surface area contributed by atoms with Gasteiger partial charge < -0.3 is 10.6 Å². The molecule has 7 heteroatoms. The number of anilines is 1. The Kier molecular flexibility index (Phi) is 3.30. The highest BCUT2D eigenvalue weighted by Crippen LogP contribution is 2.24. The second-order valence-corrected chi connectivity index (χ2v) is 4.47. The number of amides is 3. The molecular weight excluding hydrogens is 266 g/mol. The molecule has 1 aliphatic heterocycles. The number of carbonyl (C=O) groups excluding carboxylic acids is 3. The molecular formula is C12H11N3O3S. The van der Waals surface area contributed by atoms with Crippen molar-refractivity contribution < 1.29 is 14.4 Å². The molecule has 0 bridgehead atoms. The van der Waals surface area contributed by atoms with Crippen molar-refractivity contribution in [1.82, 2.24) is 10.2 Å². The van der Waals surface area contributed by atoms with Crippen molar-refractivity contribution in [3.8, 4) is 0 Å². The number of fused-ring (bicyclic) bond motifs is 1. The third kappa shape index (κ3) is 2.45. The predicted molar refractivity (Wildman–Crippen MR) is 72.9 cm³/mol. The van der Waals surface area contributed by atoms with E-state index in [4.69, 9.17) is 12.2 Å². The average molecular weight is 277 g/mol. The van der Waals surface area contributed by atoms with Gasteiger partial charge in [0.05, 0.1) is 11.1 Å². The minimum absolute atomic E-state index is 0.137. The Morgan fingerprint density at radius 3 is 2.47 bits per heavy atom. The van der Waals surface area contributed by atoms with Crippen LogP contribution in [0.15, 0.2) is 18.2 Å². The summed E-state index contributed by atoms with van der Waals surface area (Å²) >= 11 is 4.91. The Labute approximate surface area is 114 Å². The second-order valence-electron chi connectivity index (χ2n) is 4.06. The van der Waals surface area contributed by atoms with E-state index < -0.39 is 0 Å². The van der Waals surface area contributed by atoms with Crippen LogP contribution in [-0.4, -0.2) is 34.8 Å². The highest BCUT2D eigenvalue weighted by molar-refractivity contribution is 7.80. The van der Waals surface area contributed by atoms with Crippen LogP contribution >= 0.6 is 12.2 Å². The van der Waals surface area contributed by atoms with Crippen molar-refractivity contribution in [2.45, 2.75) is 6.92 Å². The highest BCUT2D eigenvalue weighted by atomic mass is 32.1. The van der Waals surface area contributed by atoms with Gasteiger partial charge in [-0.15, -0.1) is 0 Å². The van der Waals surface area contributed by atoms with E-state index in [2.05, 4.69) is 10.6 Å². The van der Waals surface area contributed by atoms with Crippen molar-refractivity contribution in [1.29, 1.82) is 0 Å². The summed E-state index contributed by atoms with van der Waals surface area (Å²) in [5.41, 5.74) is 1.22. The number of hydrogen-bond acceptors (Lipinski definition) is 4. The number of nitrogens with one attached hydrogen (secondary N) is 2. The van der Waals surface area contributed by atoms with Gasteiger partial charge in [0.2, 0.25) is 5.91 Å². The van der Waals surface area contributed by atoms with Crippen molar-refractivity contribution in [2.24, 2.45) is 0 Å². The molecule has 0 fully saturated rings. The maximum atomic E-state index is 11.8. The van der Waals surface area contributed by atoms with Gasteiger partial charge in [-0.25, -0.2) is 0 Å². The molecule has 6 nitrogen and oxygen atoms in total. The summed E-state index contributed by atoms with van der Waals surface area (Å²) in [4.78, 5) is 35.4. The Morgan fingerprint density at radius 1 is 1.21 bits per heavy atom. The molecule has 0 aromatic heterocycles. The maximum absolute atomic E-state index is 11.8. The molecule has 3 amide bonds. The van der Waals surface area contributed by atoms with Crippen LogP contribution < -0.4 is 10.6 Å². The third-order valence-corrected chi connectivity index (χ3v) is 2.84. The molecule has 2 rings (SSSR count). The van der Waals surface area contributed by atoms with E-state index in [1.807, 2.05) is 0 Å². The van der Waals surface area contributed by atoms with Crippen LogP contribution in [0.1, 0.15) is 27.6 Å². The molecule has 0 spiro atoms. The number of hydrogen-bond donors (Lipinski definition) is 2. The number of nitrogens with zero attached hydrogens (tertiary/aromatic N) is 1. The SMILES string of the molecule is CC(=O)NC(=S)Nc1ccc2c(c1)C(=O)N(C)C2=O. The Bertz CT molecular complexity index is 612. The van der Waals surface area contributed by atoms with Crippen molar-refractivity contribution in [3.05, 3.63) is 29.3 Å². The highest BCUT2D eigenvalue weighted by Gasteiger charge is 2.32. The fourth-order valence-electron chi connectivity index (χ4n) is 1.76. The summed E-state index contributed by atoms with van der Waals surface area (Å²) in [6.45, 7) is 1.34. The normalized spacial score (nSPS) is 13.3. The van der Waals surface area contributed by atoms with E-state index in [0.29, 0.717) is 16.8 Å². The Balaban J connectivity index is 2.24. The minimum atomic E-state index is -0.353. The molecule has 0 aliphatic carbocycles. The maximum Gasteiger partial charge on any atom is 0.261 e. The first-order valence-electron chi connectivity index (χ1n) is 5.45. The van der Waals surface area contributed by atoms with Crippen molar-refractivity contribution >= 4 is 40.7 Å². The van der Waals surface area contributed by atoms with Crippen LogP contribution in [0, 0.1) is 0 Å². The minimum Gasteiger partial charge on any atom is -0.332 e. The molecule has 0 unspecified atom stereocenters. The summed E-state index contributed by atoms with van der Waals surface area (Å²) in [6.07, 6.45) is 0. The molecule has 0 saturated heterocycles. The van der Waals surface area contributed by atoms with E-state index in [-0.39, 0.29) is 22.8 Å². The molecule has 19 heavy (non-hydrogen) atoms. The van der Waals surface area contributed by atoms with E-state index >= 15 is 0 Å². The van der Waals surface area contributed by atoms with Crippen molar-refractivity contribution in [3.63, 3.8) is 0 Å². The fourth-order valence-corrected chi connectivity index (χ4v) is 2.02. The first-order valence-corrected chi connectivity index (χ1v) is 5.86. The molecule has 98 valence electrons. The Morgan fingerprint density at radius 2 is 1.84 bits per heavy atom. The molecule has 1 heterocycles. The van der Waals surface area contributed by atoms with Gasteiger partial charge in [-0.05, 0) is 30.4 Å². The average Bonchev–Trinajstić information content (AvgIpc) is 2.53. The predicted octanol–water partition coefficient (Wildman–Crippen LogP) is 0.745. The quantitative estimate of drug-likeness (QED) is 0.585. The molecule has 2 N–H and O–H groups in total. The number of carbonyl (C=O) groups is 3. The van der Waals surface area contributed by atoms with Gasteiger partial charge in [0.1, 0.15) is 0 Å². The number of rotatable bonds is 1. The summed E-state index contributed by atoms with van der Waals surface area (Å²) in [5, 5.41) is 5.31. The number of thiocarbonyl (C=S) groups is 1. The van der Waals surface area contributed by atoms with E-state index in [1.165, 1.54) is 20.0 Å². The Hall–Kier alpha value is -2.28. The summed E-state index contributed by atoms with van der Waals surface area (Å²) in [6, 6.07) is 4.71. The van der Waals surface area contributed by atoms with Gasteiger partial charge in [0.25, 0.3) is 11.8 Å².